The standard InChI is InChI=1S/C27H19Br2N5O2S/c1-17-7-2-3-10-20(17)23-14-25(34-26(33-23)22(29)16-31-34)30-15-18-8-6-9-19(13-18)32-27(35)37(36)24-12-5-4-11-21(24)28/h2,4-9,11-14,16,30H,15H2,1H3,(H,32,35). The van der Waals surface area contributed by atoms with Gasteiger partial charge in [-0.25, -0.2) is 9.19 Å². The van der Waals surface area contributed by atoms with E-state index >= 15 is 0 Å². The number of aromatic nitrogens is 3. The predicted octanol–water partition coefficient (Wildman–Crippen LogP) is 6.78. The van der Waals surface area contributed by atoms with E-state index in [1.165, 1.54) is 0 Å². The Balaban J connectivity index is 1.36. The number of halogens is 2. The second kappa shape index (κ2) is 10.8. The summed E-state index contributed by atoms with van der Waals surface area (Å²) >= 11 is 6.88. The molecule has 5 aromatic rings. The van der Waals surface area contributed by atoms with Gasteiger partial charge in [-0.05, 0) is 86.3 Å². The highest BCUT2D eigenvalue weighted by Gasteiger charge is 2.17. The molecule has 1 unspecified atom stereocenters. The minimum atomic E-state index is -1.86. The molecule has 10 heteroatoms. The van der Waals surface area contributed by atoms with Crippen molar-refractivity contribution in [2.75, 3.05) is 10.6 Å². The maximum Gasteiger partial charge on any atom is 0.318 e. The SMILES string of the molecule is Cc1ccc#cc1-c1cc(NCc2cccc(NC(=O)S(=O)c3ccccc3Br)c2)n2ncc(Br)c2n1. The number of benzene rings is 2. The fourth-order valence-electron chi connectivity index (χ4n) is 3.73. The average Bonchev–Trinajstić information content (AvgIpc) is 3.28. The first-order valence-electron chi connectivity index (χ1n) is 11.1. The zero-order chi connectivity index (χ0) is 25.9. The number of anilines is 2. The monoisotopic (exact) mass is 635 g/mol. The third-order valence-electron chi connectivity index (χ3n) is 5.54. The van der Waals surface area contributed by atoms with Crippen molar-refractivity contribution in [3.8, 4) is 11.3 Å². The molecule has 0 aliphatic rings. The maximum absolute atomic E-state index is 12.7. The van der Waals surface area contributed by atoms with Crippen molar-refractivity contribution in [1.82, 2.24) is 14.6 Å². The van der Waals surface area contributed by atoms with Gasteiger partial charge in [0.05, 0.1) is 26.8 Å². The minimum Gasteiger partial charge on any atom is -0.366 e. The van der Waals surface area contributed by atoms with E-state index in [0.29, 0.717) is 27.2 Å². The van der Waals surface area contributed by atoms with Gasteiger partial charge in [0, 0.05) is 22.8 Å². The van der Waals surface area contributed by atoms with Crippen LogP contribution in [0.15, 0.2) is 86.8 Å². The number of carbonyl (C=O) groups excluding carboxylic acids is 1. The summed E-state index contributed by atoms with van der Waals surface area (Å²) in [5.41, 5.74) is 4.80. The van der Waals surface area contributed by atoms with Crippen LogP contribution in [0.2, 0.25) is 0 Å². The predicted molar refractivity (Wildman–Crippen MR) is 152 cm³/mol. The van der Waals surface area contributed by atoms with Crippen LogP contribution in [-0.2, 0) is 17.3 Å². The number of amides is 1. The molecule has 2 aromatic heterocycles. The molecule has 0 aliphatic heterocycles. The van der Waals surface area contributed by atoms with Crippen molar-refractivity contribution in [2.24, 2.45) is 0 Å². The lowest BCUT2D eigenvalue weighted by atomic mass is 10.1. The summed E-state index contributed by atoms with van der Waals surface area (Å²) in [4.78, 5) is 17.8. The van der Waals surface area contributed by atoms with E-state index in [1.807, 2.05) is 43.3 Å². The van der Waals surface area contributed by atoms with E-state index in [4.69, 9.17) is 4.98 Å². The number of rotatable bonds is 6. The van der Waals surface area contributed by atoms with Gasteiger partial charge in [0.1, 0.15) is 16.6 Å². The summed E-state index contributed by atoms with van der Waals surface area (Å²) in [5.74, 6) is 0.742. The number of carbonyl (C=O) groups is 1. The first kappa shape index (κ1) is 25.1. The van der Waals surface area contributed by atoms with Gasteiger partial charge in [-0.15, -0.1) is 0 Å². The lowest BCUT2D eigenvalue weighted by Crippen LogP contribution is -2.16. The Morgan fingerprint density at radius 2 is 1.92 bits per heavy atom. The summed E-state index contributed by atoms with van der Waals surface area (Å²) in [5, 5.41) is 10.0. The lowest BCUT2D eigenvalue weighted by Gasteiger charge is -2.12. The van der Waals surface area contributed by atoms with Gasteiger partial charge in [-0.2, -0.15) is 9.61 Å². The molecule has 2 heterocycles. The van der Waals surface area contributed by atoms with Gasteiger partial charge in [0.2, 0.25) is 0 Å². The van der Waals surface area contributed by atoms with Gasteiger partial charge in [0.25, 0.3) is 0 Å². The Morgan fingerprint density at radius 1 is 1.08 bits per heavy atom. The Morgan fingerprint density at radius 3 is 2.73 bits per heavy atom. The molecule has 5 rings (SSSR count). The van der Waals surface area contributed by atoms with Crippen molar-refractivity contribution < 1.29 is 9.00 Å². The Kier molecular flexibility index (Phi) is 7.37. The van der Waals surface area contributed by atoms with Crippen molar-refractivity contribution in [2.45, 2.75) is 18.4 Å². The van der Waals surface area contributed by atoms with Gasteiger partial charge < -0.3 is 10.6 Å². The third-order valence-corrected chi connectivity index (χ3v) is 8.25. The van der Waals surface area contributed by atoms with E-state index < -0.39 is 16.0 Å². The van der Waals surface area contributed by atoms with E-state index in [1.54, 1.807) is 41.0 Å². The molecule has 3 aromatic carbocycles. The smallest absolute Gasteiger partial charge is 0.318 e. The highest BCUT2D eigenvalue weighted by Crippen LogP contribution is 2.27. The second-order valence-electron chi connectivity index (χ2n) is 8.08. The van der Waals surface area contributed by atoms with Crippen LogP contribution in [0.25, 0.3) is 16.9 Å². The van der Waals surface area contributed by atoms with Gasteiger partial charge >= 0.3 is 5.24 Å². The third kappa shape index (κ3) is 5.44. The number of nitrogens with zero attached hydrogens (tertiary/aromatic N) is 3. The largest absolute Gasteiger partial charge is 0.366 e. The molecule has 7 nitrogen and oxygen atoms in total. The minimum absolute atomic E-state index is 0.421. The van der Waals surface area contributed by atoms with Crippen molar-refractivity contribution >= 4 is 65.1 Å². The summed E-state index contributed by atoms with van der Waals surface area (Å²) < 4.78 is 15.8. The molecule has 0 radical (unpaired) electrons. The Labute approximate surface area is 233 Å². The van der Waals surface area contributed by atoms with E-state index in [0.717, 1.165) is 32.7 Å². The average molecular weight is 637 g/mol. The zero-order valence-corrected chi connectivity index (χ0v) is 23.4. The van der Waals surface area contributed by atoms with Crippen LogP contribution in [-0.4, -0.2) is 24.0 Å². The first-order valence-corrected chi connectivity index (χ1v) is 13.9. The van der Waals surface area contributed by atoms with Gasteiger partial charge in [-0.1, -0.05) is 36.4 Å². The van der Waals surface area contributed by atoms with Crippen LogP contribution in [0.3, 0.4) is 0 Å². The molecule has 0 spiro atoms. The molecule has 2 N–H and O–H groups in total. The molecule has 0 fully saturated rings. The second-order valence-corrected chi connectivity index (χ2v) is 11.1. The normalized spacial score (nSPS) is 11.6. The van der Waals surface area contributed by atoms with Gasteiger partial charge in [-0.3, -0.25) is 4.79 Å². The maximum atomic E-state index is 12.7. The van der Waals surface area contributed by atoms with E-state index in [-0.39, 0.29) is 0 Å². The van der Waals surface area contributed by atoms with Crippen molar-refractivity contribution in [3.05, 3.63) is 105 Å². The van der Waals surface area contributed by atoms with Crippen molar-refractivity contribution in [1.29, 1.82) is 0 Å². The molecular formula is C27H19Br2N5O2S. The van der Waals surface area contributed by atoms with Crippen LogP contribution in [0.5, 0.6) is 0 Å². The highest BCUT2D eigenvalue weighted by atomic mass is 79.9. The summed E-state index contributed by atoms with van der Waals surface area (Å²) in [6, 6.07) is 26.2. The molecular weight excluding hydrogens is 618 g/mol. The number of hydrogen-bond acceptors (Lipinski definition) is 5. The van der Waals surface area contributed by atoms with Crippen LogP contribution < -0.4 is 10.6 Å². The fraction of sp³-hybridized carbons (Fsp3) is 0.0741. The zero-order valence-electron chi connectivity index (χ0n) is 19.5. The van der Waals surface area contributed by atoms with Crippen LogP contribution in [0.4, 0.5) is 16.3 Å². The molecule has 1 atom stereocenters. The highest BCUT2D eigenvalue weighted by molar-refractivity contribution is 9.11. The first-order chi connectivity index (χ1) is 17.9. The summed E-state index contributed by atoms with van der Waals surface area (Å²) in [6.07, 6.45) is 1.70. The lowest BCUT2D eigenvalue weighted by molar-refractivity contribution is 0.269. The number of fused-ring (bicyclic) bond motifs is 1. The van der Waals surface area contributed by atoms with E-state index in [2.05, 4.69) is 59.7 Å². The fourth-order valence-corrected chi connectivity index (χ4v) is 5.66. The molecule has 1 amide bonds. The molecule has 0 aliphatic carbocycles. The molecule has 0 saturated heterocycles. The van der Waals surface area contributed by atoms with Crippen LogP contribution in [0, 0.1) is 19.1 Å². The number of nitrogens with one attached hydrogen (secondary N) is 2. The summed E-state index contributed by atoms with van der Waals surface area (Å²) in [6.45, 7) is 2.46. The van der Waals surface area contributed by atoms with Gasteiger partial charge in [0.15, 0.2) is 5.65 Å². The van der Waals surface area contributed by atoms with Crippen LogP contribution in [0.1, 0.15) is 11.1 Å². The summed E-state index contributed by atoms with van der Waals surface area (Å²) in [7, 11) is -1.86. The van der Waals surface area contributed by atoms with Crippen LogP contribution >= 0.6 is 31.9 Å². The van der Waals surface area contributed by atoms with Crippen molar-refractivity contribution in [3.63, 3.8) is 0 Å². The Bertz CT molecular complexity index is 1650. The van der Waals surface area contributed by atoms with E-state index in [9.17, 15) is 9.00 Å². The Hall–Kier alpha value is -3.52. The molecule has 37 heavy (non-hydrogen) atoms. The number of aryl methyl sites for hydroxylation is 1. The quantitative estimate of drug-likeness (QED) is 0.214. The molecule has 0 saturated carbocycles. The number of hydrogen-bond donors (Lipinski definition) is 2. The topological polar surface area (TPSA) is 88.4 Å². The molecule has 184 valence electrons. The molecule has 0 bridgehead atoms.